The summed E-state index contributed by atoms with van der Waals surface area (Å²) in [4.78, 5) is 15.2. The minimum Gasteiger partial charge on any atom is -0.496 e. The Morgan fingerprint density at radius 1 is 1.27 bits per heavy atom. The third-order valence-corrected chi connectivity index (χ3v) is 4.04. The quantitative estimate of drug-likeness (QED) is 0.879. The molecule has 22 heavy (non-hydrogen) atoms. The summed E-state index contributed by atoms with van der Waals surface area (Å²) in [5, 5.41) is 2.01. The predicted molar refractivity (Wildman–Crippen MR) is 92.5 cm³/mol. The Balaban J connectivity index is 0.00000242. The van der Waals surface area contributed by atoms with Crippen molar-refractivity contribution in [3.63, 3.8) is 0 Å². The third kappa shape index (κ3) is 4.73. The van der Waals surface area contributed by atoms with Gasteiger partial charge in [0.15, 0.2) is 0 Å². The number of nitrogens with zero attached hydrogens (tertiary/aromatic N) is 1. The molecule has 1 aromatic heterocycles. The number of hydrogen-bond acceptors (Lipinski definition) is 4. The van der Waals surface area contributed by atoms with Gasteiger partial charge in [-0.25, -0.2) is 0 Å². The molecule has 6 heteroatoms. The van der Waals surface area contributed by atoms with Crippen LogP contribution in [-0.2, 0) is 17.9 Å². The van der Waals surface area contributed by atoms with Crippen molar-refractivity contribution >= 4 is 29.7 Å². The van der Waals surface area contributed by atoms with Crippen LogP contribution in [0.25, 0.3) is 0 Å². The monoisotopic (exact) mass is 340 g/mol. The second-order valence-electron chi connectivity index (χ2n) is 4.87. The molecule has 0 fully saturated rings. The predicted octanol–water partition coefficient (Wildman–Crippen LogP) is 3.05. The first kappa shape index (κ1) is 18.5. The van der Waals surface area contributed by atoms with Crippen LogP contribution in [0.3, 0.4) is 0 Å². The maximum Gasteiger partial charge on any atom is 0.239 e. The average molecular weight is 341 g/mol. The number of benzene rings is 1. The summed E-state index contributed by atoms with van der Waals surface area (Å²) in [6.07, 6.45) is 0. The lowest BCUT2D eigenvalue weighted by atomic mass is 10.1. The standard InChI is InChI=1S/C16H20N2O2S.ClH/c1-12(17)16(19)18(11-14-7-5-9-21-14)10-13-6-3-4-8-15(13)20-2;/h3-9,12H,10-11,17H2,1-2H3;1H/t12-;/m0./s1. The lowest BCUT2D eigenvalue weighted by molar-refractivity contribution is -0.133. The van der Waals surface area contributed by atoms with Crippen molar-refractivity contribution in [3.8, 4) is 5.75 Å². The fourth-order valence-corrected chi connectivity index (χ4v) is 2.85. The van der Waals surface area contributed by atoms with Crippen molar-refractivity contribution in [2.45, 2.75) is 26.1 Å². The zero-order valence-corrected chi connectivity index (χ0v) is 14.3. The molecule has 0 spiro atoms. The Kier molecular flexibility index (Phi) is 7.38. The highest BCUT2D eigenvalue weighted by Gasteiger charge is 2.19. The highest BCUT2D eigenvalue weighted by Crippen LogP contribution is 2.21. The smallest absolute Gasteiger partial charge is 0.239 e. The van der Waals surface area contributed by atoms with Crippen molar-refractivity contribution in [1.29, 1.82) is 0 Å². The van der Waals surface area contributed by atoms with E-state index in [0.29, 0.717) is 13.1 Å². The first-order valence-corrected chi connectivity index (χ1v) is 7.68. The van der Waals surface area contributed by atoms with Gasteiger partial charge in [-0.2, -0.15) is 0 Å². The lowest BCUT2D eigenvalue weighted by Gasteiger charge is -2.25. The summed E-state index contributed by atoms with van der Waals surface area (Å²) in [5.74, 6) is 0.723. The number of carbonyl (C=O) groups is 1. The first-order chi connectivity index (χ1) is 10.1. The van der Waals surface area contributed by atoms with E-state index in [-0.39, 0.29) is 18.3 Å². The molecule has 1 aromatic carbocycles. The number of thiophene rings is 1. The molecule has 2 rings (SSSR count). The highest BCUT2D eigenvalue weighted by molar-refractivity contribution is 7.09. The zero-order valence-electron chi connectivity index (χ0n) is 12.7. The van der Waals surface area contributed by atoms with Gasteiger partial charge in [0.1, 0.15) is 5.75 Å². The molecule has 2 N–H and O–H groups in total. The van der Waals surface area contributed by atoms with Gasteiger partial charge in [0.05, 0.1) is 19.7 Å². The van der Waals surface area contributed by atoms with Gasteiger partial charge in [-0.05, 0) is 24.4 Å². The molecule has 0 aliphatic carbocycles. The van der Waals surface area contributed by atoms with Gasteiger partial charge in [0, 0.05) is 17.0 Å². The van der Waals surface area contributed by atoms with E-state index < -0.39 is 6.04 Å². The molecule has 4 nitrogen and oxygen atoms in total. The number of hydrogen-bond donors (Lipinski definition) is 1. The minimum absolute atomic E-state index is 0. The fraction of sp³-hybridized carbons (Fsp3) is 0.312. The van der Waals surface area contributed by atoms with Crippen molar-refractivity contribution in [2.24, 2.45) is 5.73 Å². The van der Waals surface area contributed by atoms with Crippen LogP contribution in [0, 0.1) is 0 Å². The Morgan fingerprint density at radius 3 is 2.59 bits per heavy atom. The van der Waals surface area contributed by atoms with Crippen LogP contribution in [0.15, 0.2) is 41.8 Å². The Labute approximate surface area is 141 Å². The number of halogens is 1. The molecule has 0 unspecified atom stereocenters. The van der Waals surface area contributed by atoms with E-state index in [4.69, 9.17) is 10.5 Å². The molecule has 0 saturated carbocycles. The number of rotatable bonds is 6. The van der Waals surface area contributed by atoms with Crippen molar-refractivity contribution in [3.05, 3.63) is 52.2 Å². The van der Waals surface area contributed by atoms with E-state index in [1.807, 2.05) is 41.8 Å². The van der Waals surface area contributed by atoms with E-state index in [1.54, 1.807) is 30.3 Å². The molecule has 1 heterocycles. The molecule has 1 amide bonds. The second-order valence-corrected chi connectivity index (χ2v) is 5.91. The van der Waals surface area contributed by atoms with Crippen LogP contribution in [0.1, 0.15) is 17.4 Å². The van der Waals surface area contributed by atoms with Gasteiger partial charge in [-0.15, -0.1) is 23.7 Å². The molecule has 1 atom stereocenters. The maximum atomic E-state index is 12.3. The van der Waals surface area contributed by atoms with E-state index >= 15 is 0 Å². The number of para-hydroxylation sites is 1. The summed E-state index contributed by atoms with van der Waals surface area (Å²) >= 11 is 1.63. The molecular weight excluding hydrogens is 320 g/mol. The number of ether oxygens (including phenoxy) is 1. The molecule has 2 aromatic rings. The van der Waals surface area contributed by atoms with Crippen LogP contribution < -0.4 is 10.5 Å². The summed E-state index contributed by atoms with van der Waals surface area (Å²) in [7, 11) is 1.63. The molecule has 120 valence electrons. The SMILES string of the molecule is COc1ccccc1CN(Cc1cccs1)C(=O)[C@H](C)N.Cl. The lowest BCUT2D eigenvalue weighted by Crippen LogP contribution is -2.41. The van der Waals surface area contributed by atoms with Gasteiger partial charge in [-0.3, -0.25) is 4.79 Å². The van der Waals surface area contributed by atoms with Crippen LogP contribution in [0.4, 0.5) is 0 Å². The van der Waals surface area contributed by atoms with Crippen LogP contribution >= 0.6 is 23.7 Å². The van der Waals surface area contributed by atoms with Crippen molar-refractivity contribution in [1.82, 2.24) is 4.90 Å². The Morgan fingerprint density at radius 2 is 2.00 bits per heavy atom. The topological polar surface area (TPSA) is 55.6 Å². The maximum absolute atomic E-state index is 12.3. The van der Waals surface area contributed by atoms with Gasteiger partial charge >= 0.3 is 0 Å². The molecule has 0 aliphatic rings. The average Bonchev–Trinajstić information content (AvgIpc) is 2.99. The molecule has 0 aliphatic heterocycles. The largest absolute Gasteiger partial charge is 0.496 e. The van der Waals surface area contributed by atoms with Crippen LogP contribution in [0.2, 0.25) is 0 Å². The molecule has 0 radical (unpaired) electrons. The Hall–Kier alpha value is -1.56. The summed E-state index contributed by atoms with van der Waals surface area (Å²) in [5.41, 5.74) is 6.75. The fourth-order valence-electron chi connectivity index (χ4n) is 2.13. The van der Waals surface area contributed by atoms with Gasteiger partial charge in [0.2, 0.25) is 5.91 Å². The van der Waals surface area contributed by atoms with E-state index in [2.05, 4.69) is 0 Å². The number of amides is 1. The number of methoxy groups -OCH3 is 1. The van der Waals surface area contributed by atoms with Crippen LogP contribution in [0.5, 0.6) is 5.75 Å². The van der Waals surface area contributed by atoms with E-state index in [0.717, 1.165) is 16.2 Å². The van der Waals surface area contributed by atoms with Gasteiger partial charge in [-0.1, -0.05) is 24.3 Å². The van der Waals surface area contributed by atoms with Gasteiger partial charge in [0.25, 0.3) is 0 Å². The van der Waals surface area contributed by atoms with E-state index in [9.17, 15) is 4.79 Å². The first-order valence-electron chi connectivity index (χ1n) is 6.80. The van der Waals surface area contributed by atoms with Crippen molar-refractivity contribution in [2.75, 3.05) is 7.11 Å². The number of nitrogens with two attached hydrogens (primary N) is 1. The van der Waals surface area contributed by atoms with E-state index in [1.165, 1.54) is 0 Å². The second kappa shape index (κ2) is 8.78. The highest BCUT2D eigenvalue weighted by atomic mass is 35.5. The third-order valence-electron chi connectivity index (χ3n) is 3.18. The normalized spacial score (nSPS) is 11.4. The van der Waals surface area contributed by atoms with Gasteiger partial charge < -0.3 is 15.4 Å². The number of carbonyl (C=O) groups excluding carboxylic acids is 1. The van der Waals surface area contributed by atoms with Crippen LogP contribution in [-0.4, -0.2) is 24.0 Å². The summed E-state index contributed by atoms with van der Waals surface area (Å²) in [6.45, 7) is 2.77. The Bertz CT molecular complexity index is 588. The zero-order chi connectivity index (χ0) is 15.2. The summed E-state index contributed by atoms with van der Waals surface area (Å²) < 4.78 is 5.36. The van der Waals surface area contributed by atoms with Crippen molar-refractivity contribution < 1.29 is 9.53 Å². The molecule has 0 saturated heterocycles. The molecular formula is C16H21ClN2O2S. The minimum atomic E-state index is -0.514. The summed E-state index contributed by atoms with van der Waals surface area (Å²) in [6, 6.07) is 11.2. The molecule has 0 bridgehead atoms.